The molecule has 8 unspecified atom stereocenters. The number of unbranched alkanes of at least 4 members (excludes halogenated alkanes) is 1. The van der Waals surface area contributed by atoms with Gasteiger partial charge in [-0.15, -0.1) is 0 Å². The maximum atomic E-state index is 15.7. The second-order valence-electron chi connectivity index (χ2n) is 24.0. The molecule has 5 aliphatic rings. The number of aryl methyl sites for hydroxylation is 1. The molecule has 27 heteroatoms. The lowest BCUT2D eigenvalue weighted by atomic mass is 9.81. The van der Waals surface area contributed by atoms with Crippen molar-refractivity contribution in [1.82, 2.24) is 30.8 Å². The number of pyridine rings is 2. The number of methoxy groups -OCH3 is 1. The summed E-state index contributed by atoms with van der Waals surface area (Å²) in [5.41, 5.74) is 3.89. The van der Waals surface area contributed by atoms with Crippen LogP contribution in [-0.4, -0.2) is 147 Å². The summed E-state index contributed by atoms with van der Waals surface area (Å²) in [6.45, 7) is 2.37. The number of benzene rings is 4. The topological polar surface area (TPSA) is 362 Å². The van der Waals surface area contributed by atoms with Crippen LogP contribution in [0, 0.1) is 24.6 Å². The molecule has 1 fully saturated rings. The van der Waals surface area contributed by atoms with Crippen molar-refractivity contribution >= 4 is 58.3 Å². The van der Waals surface area contributed by atoms with Crippen molar-refractivity contribution in [3.05, 3.63) is 156 Å². The Morgan fingerprint density at radius 2 is 1.61 bits per heavy atom. The van der Waals surface area contributed by atoms with Gasteiger partial charge in [0.15, 0.2) is 11.7 Å². The number of para-hydroxylation sites is 1. The van der Waals surface area contributed by atoms with Gasteiger partial charge >= 0.3 is 18.0 Å². The van der Waals surface area contributed by atoms with E-state index in [1.807, 2.05) is 48.5 Å². The molecular weight excluding hydrogens is 1250 g/mol. The second kappa shape index (κ2) is 29.1. The number of carboxylic acid groups (broad SMARTS) is 1. The van der Waals surface area contributed by atoms with E-state index in [1.165, 1.54) is 42.0 Å². The summed E-state index contributed by atoms with van der Waals surface area (Å²) in [6, 6.07) is 19.7. The van der Waals surface area contributed by atoms with E-state index in [1.54, 1.807) is 18.7 Å². The summed E-state index contributed by atoms with van der Waals surface area (Å²) in [5.74, 6) is 1.02. The molecule has 0 radical (unpaired) electrons. The van der Waals surface area contributed by atoms with Crippen LogP contribution in [0.15, 0.2) is 83.7 Å². The quantitative estimate of drug-likeness (QED) is 0.0237. The van der Waals surface area contributed by atoms with Crippen molar-refractivity contribution in [2.75, 3.05) is 38.4 Å². The molecule has 2 aromatic heterocycles. The lowest BCUT2D eigenvalue weighted by molar-refractivity contribution is -0.271. The van der Waals surface area contributed by atoms with Crippen molar-refractivity contribution in [3.8, 4) is 29.0 Å². The number of carbonyl (C=O) groups excluding carboxylic acids is 6. The third kappa shape index (κ3) is 14.0. The fourth-order valence-corrected chi connectivity index (χ4v) is 12.7. The third-order valence-electron chi connectivity index (χ3n) is 18.0. The van der Waals surface area contributed by atoms with Gasteiger partial charge in [0, 0.05) is 78.7 Å². The molecule has 0 spiro atoms. The molecule has 6 heterocycles. The van der Waals surface area contributed by atoms with Crippen LogP contribution in [0.2, 0.25) is 0 Å². The number of aliphatic hydroxyl groups excluding tert-OH is 3. The van der Waals surface area contributed by atoms with Crippen LogP contribution in [0.25, 0.3) is 22.3 Å². The molecular formula is C69H72FN7O19. The molecule has 0 bridgehead atoms. The summed E-state index contributed by atoms with van der Waals surface area (Å²) in [6.07, 6.45) is -10.1. The Morgan fingerprint density at radius 1 is 0.854 bits per heavy atom. The van der Waals surface area contributed by atoms with Crippen LogP contribution >= 0.6 is 0 Å². The molecule has 8 atom stereocenters. The maximum Gasteiger partial charge on any atom is 0.407 e. The van der Waals surface area contributed by atoms with Crippen molar-refractivity contribution in [2.45, 2.75) is 146 Å². The third-order valence-corrected chi connectivity index (χ3v) is 18.0. The second-order valence-corrected chi connectivity index (χ2v) is 24.0. The van der Waals surface area contributed by atoms with Crippen LogP contribution in [0.1, 0.15) is 119 Å². The number of hydrogen-bond donors (Lipinski definition) is 9. The minimum absolute atomic E-state index is 0.0228. The number of nitrogens with one attached hydrogen (secondary N) is 4. The Kier molecular flexibility index (Phi) is 20.6. The Labute approximate surface area is 549 Å². The average molecular weight is 1320 g/mol. The largest absolute Gasteiger partial charge is 0.479 e. The molecule has 4 aromatic carbocycles. The highest BCUT2D eigenvalue weighted by Gasteiger charge is 2.49. The fraction of sp³-hybridized carbons (Fsp3) is 0.406. The predicted octanol–water partition coefficient (Wildman–Crippen LogP) is 3.49. The standard InChI is InChI=1S/C69H72FN7O19/c1-4-69(90)45-28-51-58-43(33-77(51)64(85)44(45)35-93-67(69)88)57-47(21-20-42-36(2)46(70)29-48(74-58)56(42)57)75-68(89)94-34-37-17-22-52(95-66-61(83)59(81)60(82)62(96-66)65(86)87)41(27-37)30-72-63(84)49(31-71-53(78)23-24-92-26-25-91-3)73-54(79)15-9-10-16-55(80)76-32-40-13-6-5-11-38(40)18-19-39-12-7-8-14-50(39)76/h5-8,11-14,17,22,27-29,47,49,59-62,66,81-83,90H,4,9-10,15-16,20-21,23-26,30-35H2,1-3H3,(H,71,78)(H,72,84)(H,73,79)(H,75,89)(H,86,87). The average Bonchev–Trinajstić information content (AvgIpc) is 1.50. The smallest absolute Gasteiger partial charge is 0.407 e. The van der Waals surface area contributed by atoms with Crippen molar-refractivity contribution in [1.29, 1.82) is 0 Å². The SMILES string of the molecule is CCC1(O)C(=O)OCc2c1cc1n(c2=O)Cc2c-1nc1cc(F)c(C)c3c1c2C(NC(=O)OCc1ccc(OC2OC(C(=O)O)C(O)C(O)C2O)c(CNC(=O)C(CNC(=O)CCOCCOC)NC(=O)CCCCC(=O)N2Cc4ccccc4C#Cc4ccccc42)c1)CC3. The van der Waals surface area contributed by atoms with Gasteiger partial charge in [0.25, 0.3) is 5.56 Å². The highest BCUT2D eigenvalue weighted by Crippen LogP contribution is 2.46. The first kappa shape index (κ1) is 67.7. The van der Waals surface area contributed by atoms with Crippen LogP contribution in [0.3, 0.4) is 0 Å². The van der Waals surface area contributed by atoms with Crippen LogP contribution in [0.5, 0.6) is 5.75 Å². The number of fused-ring (bicyclic) bond motifs is 7. The Bertz CT molecular complexity index is 4210. The number of alkyl carbamates (subject to hydrolysis) is 1. The Hall–Kier alpha value is -9.66. The number of nitrogens with zero attached hydrogens (tertiary/aromatic N) is 3. The number of carboxylic acids is 1. The number of amides is 5. The van der Waals surface area contributed by atoms with Gasteiger partial charge in [-0.05, 0) is 103 Å². The number of halogens is 1. The number of carbonyl (C=O) groups is 7. The van der Waals surface area contributed by atoms with Crippen molar-refractivity contribution in [2.24, 2.45) is 0 Å². The molecule has 6 aromatic rings. The number of aromatic nitrogens is 2. The van der Waals surface area contributed by atoms with Gasteiger partial charge in [0.2, 0.25) is 29.9 Å². The number of aliphatic hydroxyl groups is 4. The Balaban J connectivity index is 0.806. The lowest BCUT2D eigenvalue weighted by Gasteiger charge is -2.38. The summed E-state index contributed by atoms with van der Waals surface area (Å²) in [7, 11) is 1.50. The minimum Gasteiger partial charge on any atom is -0.479 e. The molecule has 26 nitrogen and oxygen atoms in total. The molecule has 9 N–H and O–H groups in total. The van der Waals surface area contributed by atoms with Gasteiger partial charge in [-0.1, -0.05) is 55.2 Å². The Morgan fingerprint density at radius 3 is 2.40 bits per heavy atom. The van der Waals surface area contributed by atoms with E-state index in [9.17, 15) is 63.9 Å². The molecule has 504 valence electrons. The summed E-state index contributed by atoms with van der Waals surface area (Å²) < 4.78 is 50.0. The molecule has 0 saturated carbocycles. The van der Waals surface area contributed by atoms with E-state index in [0.29, 0.717) is 58.3 Å². The molecule has 4 aliphatic heterocycles. The molecule has 5 amide bonds. The van der Waals surface area contributed by atoms with E-state index in [2.05, 4.69) is 33.1 Å². The fourth-order valence-electron chi connectivity index (χ4n) is 12.7. The normalized spacial score (nSPS) is 20.6. The zero-order valence-corrected chi connectivity index (χ0v) is 52.7. The maximum absolute atomic E-state index is 15.7. The van der Waals surface area contributed by atoms with E-state index >= 15 is 4.39 Å². The summed E-state index contributed by atoms with van der Waals surface area (Å²) in [5, 5.41) is 65.0. The number of hydrogen-bond acceptors (Lipinski definition) is 19. The zero-order valence-electron chi connectivity index (χ0n) is 52.7. The zero-order chi connectivity index (χ0) is 68.1. The molecule has 96 heavy (non-hydrogen) atoms. The molecule has 1 saturated heterocycles. The van der Waals surface area contributed by atoms with E-state index in [0.717, 1.165) is 11.1 Å². The predicted molar refractivity (Wildman–Crippen MR) is 338 cm³/mol. The number of esters is 1. The van der Waals surface area contributed by atoms with Crippen molar-refractivity contribution in [3.63, 3.8) is 0 Å². The van der Waals surface area contributed by atoms with Gasteiger partial charge in [0.05, 0.1) is 67.1 Å². The molecule has 11 rings (SSSR count). The first-order valence-electron chi connectivity index (χ1n) is 31.5. The van der Waals surface area contributed by atoms with E-state index in [-0.39, 0.29) is 122 Å². The van der Waals surface area contributed by atoms with Crippen LogP contribution in [0.4, 0.5) is 14.9 Å². The number of anilines is 1. The van der Waals surface area contributed by atoms with Gasteiger partial charge in [0.1, 0.15) is 49.1 Å². The van der Waals surface area contributed by atoms with Gasteiger partial charge in [-0.25, -0.2) is 23.8 Å². The van der Waals surface area contributed by atoms with E-state index < -0.39 is 115 Å². The highest BCUT2D eigenvalue weighted by atomic mass is 19.1. The lowest BCUT2D eigenvalue weighted by Crippen LogP contribution is -2.61. The summed E-state index contributed by atoms with van der Waals surface area (Å²) in [4.78, 5) is 115. The van der Waals surface area contributed by atoms with Gasteiger partial charge in [-0.3, -0.25) is 24.0 Å². The highest BCUT2D eigenvalue weighted by molar-refractivity contribution is 5.96. The van der Waals surface area contributed by atoms with Crippen LogP contribution < -0.4 is 36.5 Å². The van der Waals surface area contributed by atoms with Crippen LogP contribution in [-0.2, 0) is 97.3 Å². The van der Waals surface area contributed by atoms with E-state index in [4.69, 9.17) is 33.4 Å². The molecule has 1 aliphatic carbocycles. The number of ether oxygens (including phenoxy) is 6. The first-order chi connectivity index (χ1) is 46.2. The monoisotopic (exact) mass is 1320 g/mol. The number of rotatable bonds is 24. The number of cyclic esters (lactones) is 1. The number of aliphatic carboxylic acids is 1. The minimum atomic E-state index is -2.11. The van der Waals surface area contributed by atoms with Crippen molar-refractivity contribution < 1.29 is 91.9 Å². The van der Waals surface area contributed by atoms with Gasteiger partial charge < -0.3 is 84.7 Å². The van der Waals surface area contributed by atoms with Gasteiger partial charge in [-0.2, -0.15) is 0 Å². The first-order valence-corrected chi connectivity index (χ1v) is 31.5. The summed E-state index contributed by atoms with van der Waals surface area (Å²) >= 11 is 0.